The van der Waals surface area contributed by atoms with Crippen molar-refractivity contribution in [2.75, 3.05) is 49.2 Å². The molecule has 162 valence electrons. The zero-order valence-electron chi connectivity index (χ0n) is 16.4. The first kappa shape index (κ1) is 23.2. The summed E-state index contributed by atoms with van der Waals surface area (Å²) in [5.74, 6) is -0.760. The molecule has 0 bridgehead atoms. The van der Waals surface area contributed by atoms with Gasteiger partial charge in [0.25, 0.3) is 5.91 Å². The number of thiophene rings is 1. The van der Waals surface area contributed by atoms with Crippen molar-refractivity contribution in [3.8, 4) is 0 Å². The fraction of sp³-hybridized carbons (Fsp3) is 0.400. The lowest BCUT2D eigenvalue weighted by molar-refractivity contribution is -0.116. The van der Waals surface area contributed by atoms with Crippen LogP contribution in [-0.4, -0.2) is 55.1 Å². The first-order valence-electron chi connectivity index (χ1n) is 9.43. The van der Waals surface area contributed by atoms with Gasteiger partial charge in [-0.1, -0.05) is 34.2 Å². The zero-order valence-corrected chi connectivity index (χ0v) is 20.1. The van der Waals surface area contributed by atoms with Crippen LogP contribution in [-0.2, 0) is 9.53 Å². The van der Waals surface area contributed by atoms with E-state index in [0.717, 1.165) is 0 Å². The van der Waals surface area contributed by atoms with Gasteiger partial charge in [-0.05, 0) is 30.3 Å². The average molecular weight is 566 g/mol. The Morgan fingerprint density at radius 1 is 1.33 bits per heavy atom. The smallest absolute Gasteiger partial charge is 0.261 e. The van der Waals surface area contributed by atoms with Gasteiger partial charge in [-0.2, -0.15) is 0 Å². The van der Waals surface area contributed by atoms with Crippen LogP contribution < -0.4 is 15.1 Å². The maximum Gasteiger partial charge on any atom is 0.261 e. The van der Waals surface area contributed by atoms with Crippen LogP contribution in [0.2, 0.25) is 4.34 Å². The molecule has 0 aliphatic carbocycles. The minimum atomic E-state index is -0.367. The number of carbonyl (C=O) groups is 2. The Balaban J connectivity index is 1.62. The Morgan fingerprint density at radius 3 is 2.67 bits per heavy atom. The molecule has 1 aromatic carbocycles. The molecule has 1 fully saturated rings. The van der Waals surface area contributed by atoms with E-state index in [1.165, 1.54) is 29.2 Å². The third-order valence-electron chi connectivity index (χ3n) is 4.64. The summed E-state index contributed by atoms with van der Waals surface area (Å²) in [6.07, 6.45) is 0. The van der Waals surface area contributed by atoms with E-state index in [1.807, 2.05) is 4.90 Å². The van der Waals surface area contributed by atoms with E-state index < -0.39 is 0 Å². The van der Waals surface area contributed by atoms with Gasteiger partial charge >= 0.3 is 0 Å². The van der Waals surface area contributed by atoms with Crippen LogP contribution in [0, 0.1) is 5.82 Å². The molecule has 1 aliphatic heterocycles. The van der Waals surface area contributed by atoms with Gasteiger partial charge in [0.1, 0.15) is 5.82 Å². The Hall–Kier alpha value is -1.43. The summed E-state index contributed by atoms with van der Waals surface area (Å²) in [4.78, 5) is 28.4. The highest BCUT2D eigenvalue weighted by atomic mass is 127. The predicted octanol–water partition coefficient (Wildman–Crippen LogP) is 3.96. The largest absolute Gasteiger partial charge is 0.378 e. The lowest BCUT2D eigenvalue weighted by Gasteiger charge is -2.30. The number of benzene rings is 1. The number of nitrogens with zero attached hydrogens (tertiary/aromatic N) is 2. The van der Waals surface area contributed by atoms with Crippen molar-refractivity contribution in [1.82, 2.24) is 5.32 Å². The summed E-state index contributed by atoms with van der Waals surface area (Å²) in [5, 5.41) is 2.85. The average Bonchev–Trinajstić information content (AvgIpc) is 3.17. The molecule has 2 amide bonds. The molecule has 1 aliphatic rings. The van der Waals surface area contributed by atoms with Crippen molar-refractivity contribution in [3.63, 3.8) is 0 Å². The van der Waals surface area contributed by atoms with Crippen molar-refractivity contribution in [2.45, 2.75) is 10.8 Å². The van der Waals surface area contributed by atoms with Gasteiger partial charge in [0.15, 0.2) is 0 Å². The summed E-state index contributed by atoms with van der Waals surface area (Å²) in [7, 11) is 0. The van der Waals surface area contributed by atoms with Crippen molar-refractivity contribution >= 4 is 68.7 Å². The van der Waals surface area contributed by atoms with Crippen LogP contribution in [0.5, 0.6) is 0 Å². The van der Waals surface area contributed by atoms with Crippen molar-refractivity contribution in [3.05, 3.63) is 45.4 Å². The van der Waals surface area contributed by atoms with Gasteiger partial charge in [0, 0.05) is 42.7 Å². The van der Waals surface area contributed by atoms with Crippen LogP contribution >= 0.6 is 45.5 Å². The quantitative estimate of drug-likeness (QED) is 0.408. The monoisotopic (exact) mass is 565 g/mol. The first-order valence-corrected chi connectivity index (χ1v) is 11.9. The number of alkyl halides is 1. The Labute approximate surface area is 197 Å². The summed E-state index contributed by atoms with van der Waals surface area (Å²) < 4.78 is 20.6. The number of ether oxygens (including phenoxy) is 1. The third kappa shape index (κ3) is 6.05. The van der Waals surface area contributed by atoms with Gasteiger partial charge in [-0.15, -0.1) is 11.3 Å². The van der Waals surface area contributed by atoms with E-state index in [0.29, 0.717) is 60.0 Å². The molecule has 2 heterocycles. The van der Waals surface area contributed by atoms with Gasteiger partial charge in [0.2, 0.25) is 5.91 Å². The van der Waals surface area contributed by atoms with E-state index in [1.54, 1.807) is 24.3 Å². The second-order valence-electron chi connectivity index (χ2n) is 6.78. The number of morpholine rings is 1. The van der Waals surface area contributed by atoms with Crippen LogP contribution in [0.4, 0.5) is 15.8 Å². The number of rotatable bonds is 7. The summed E-state index contributed by atoms with van der Waals surface area (Å²) >= 11 is 9.25. The lowest BCUT2D eigenvalue weighted by Crippen LogP contribution is -2.39. The number of anilines is 2. The standard InChI is InChI=1S/C20H22ClFIN3O3S/c1-13(27)26(12-14(23)11-24-20(28)18-4-5-19(21)30-18)15-2-3-17(16(22)10-15)25-6-8-29-9-7-25/h2-5,10,14H,6-9,11-12H2,1H3,(H,24,28)/t14-/m0/s1. The molecule has 0 spiro atoms. The first-order chi connectivity index (χ1) is 14.3. The lowest BCUT2D eigenvalue weighted by atomic mass is 10.2. The fourth-order valence-corrected chi connectivity index (χ4v) is 4.70. The predicted molar refractivity (Wildman–Crippen MR) is 127 cm³/mol. The molecular formula is C20H22ClFIN3O3S. The normalized spacial score (nSPS) is 15.0. The topological polar surface area (TPSA) is 61.9 Å². The Morgan fingerprint density at radius 2 is 2.07 bits per heavy atom. The molecule has 3 rings (SSSR count). The molecule has 10 heteroatoms. The number of halogens is 3. The van der Waals surface area contributed by atoms with Gasteiger partial charge < -0.3 is 19.9 Å². The number of nitrogens with one attached hydrogen (secondary N) is 1. The number of hydrogen-bond donors (Lipinski definition) is 1. The van der Waals surface area contributed by atoms with E-state index in [9.17, 15) is 14.0 Å². The maximum absolute atomic E-state index is 14.8. The molecule has 1 atom stereocenters. The minimum Gasteiger partial charge on any atom is -0.378 e. The second kappa shape index (κ2) is 10.7. The summed E-state index contributed by atoms with van der Waals surface area (Å²) in [6, 6.07) is 8.20. The zero-order chi connectivity index (χ0) is 21.7. The van der Waals surface area contributed by atoms with Gasteiger partial charge in [-0.25, -0.2) is 4.39 Å². The van der Waals surface area contributed by atoms with E-state index in [2.05, 4.69) is 27.9 Å². The molecule has 2 aromatic rings. The SMILES string of the molecule is CC(=O)N(C[C@@H](I)CNC(=O)c1ccc(Cl)s1)c1ccc(N2CCOCC2)c(F)c1. The van der Waals surface area contributed by atoms with Crippen LogP contribution in [0.25, 0.3) is 0 Å². The highest BCUT2D eigenvalue weighted by Gasteiger charge is 2.21. The van der Waals surface area contributed by atoms with Gasteiger partial charge in [-0.3, -0.25) is 9.59 Å². The molecule has 30 heavy (non-hydrogen) atoms. The number of hydrogen-bond acceptors (Lipinski definition) is 5. The van der Waals surface area contributed by atoms with Crippen molar-refractivity contribution in [1.29, 1.82) is 0 Å². The highest BCUT2D eigenvalue weighted by molar-refractivity contribution is 14.1. The molecule has 0 radical (unpaired) electrons. The third-order valence-corrected chi connectivity index (χ3v) is 6.70. The van der Waals surface area contributed by atoms with Crippen molar-refractivity contribution < 1.29 is 18.7 Å². The summed E-state index contributed by atoms with van der Waals surface area (Å²) in [5.41, 5.74) is 1.01. The minimum absolute atomic E-state index is 0.0622. The number of amides is 2. The second-order valence-corrected chi connectivity index (χ2v) is 10.3. The summed E-state index contributed by atoms with van der Waals surface area (Å²) in [6.45, 7) is 4.57. The molecule has 1 saturated heterocycles. The van der Waals surface area contributed by atoms with Crippen LogP contribution in [0.3, 0.4) is 0 Å². The van der Waals surface area contributed by atoms with E-state index in [-0.39, 0.29) is 21.6 Å². The maximum atomic E-state index is 14.8. The molecule has 1 N–H and O–H groups in total. The highest BCUT2D eigenvalue weighted by Crippen LogP contribution is 2.27. The molecule has 0 saturated carbocycles. The number of carbonyl (C=O) groups excluding carboxylic acids is 2. The van der Waals surface area contributed by atoms with Crippen LogP contribution in [0.15, 0.2) is 30.3 Å². The fourth-order valence-electron chi connectivity index (χ4n) is 3.13. The molecule has 6 nitrogen and oxygen atoms in total. The van der Waals surface area contributed by atoms with E-state index >= 15 is 0 Å². The van der Waals surface area contributed by atoms with E-state index in [4.69, 9.17) is 16.3 Å². The van der Waals surface area contributed by atoms with Crippen molar-refractivity contribution in [2.24, 2.45) is 0 Å². The Bertz CT molecular complexity index is 907. The molecule has 0 unspecified atom stereocenters. The van der Waals surface area contributed by atoms with Gasteiger partial charge in [0.05, 0.1) is 28.1 Å². The molecular weight excluding hydrogens is 544 g/mol. The molecule has 1 aromatic heterocycles. The van der Waals surface area contributed by atoms with Crippen LogP contribution in [0.1, 0.15) is 16.6 Å². The Kier molecular flexibility index (Phi) is 8.32.